The van der Waals surface area contributed by atoms with Gasteiger partial charge >= 0.3 is 0 Å². The molecule has 1 heteroatoms. The Hall–Kier alpha value is -5.92. The lowest BCUT2D eigenvalue weighted by Gasteiger charge is -2.44. The quantitative estimate of drug-likeness (QED) is 0.156. The molecule has 0 saturated carbocycles. The van der Waals surface area contributed by atoms with Crippen LogP contribution in [0, 0.1) is 5.41 Å². The van der Waals surface area contributed by atoms with Gasteiger partial charge in [-0.15, -0.1) is 0 Å². The molecular weight excluding hydrogens is 651 g/mol. The highest BCUT2D eigenvalue weighted by Crippen LogP contribution is 2.63. The fourth-order valence-corrected chi connectivity index (χ4v) is 9.13. The zero-order chi connectivity index (χ0) is 37.2. The standard InChI is InChI=1S/C53H47N/c1-51(2)47-34-46(45-33-39-24-16-17-27-41(39)42-28-18-19-29-43(42)45)50(35-48(47)52(3,4)53(51,5)6)54(40-25-14-9-15-26-40)49-31-30-38(36-20-10-7-11-21-36)32-44(49)37-22-12-8-13-23-37/h7-35H,1-6H3. The van der Waals surface area contributed by atoms with Crippen LogP contribution in [0.2, 0.25) is 0 Å². The zero-order valence-corrected chi connectivity index (χ0v) is 32.2. The maximum absolute atomic E-state index is 2.56. The Kier molecular flexibility index (Phi) is 7.91. The summed E-state index contributed by atoms with van der Waals surface area (Å²) in [5, 5.41) is 5.08. The Balaban J connectivity index is 1.42. The molecule has 8 aromatic rings. The average molecular weight is 698 g/mol. The molecule has 54 heavy (non-hydrogen) atoms. The summed E-state index contributed by atoms with van der Waals surface area (Å²) in [4.78, 5) is 2.53. The van der Waals surface area contributed by atoms with E-state index in [0.717, 1.165) is 11.4 Å². The minimum Gasteiger partial charge on any atom is -0.309 e. The van der Waals surface area contributed by atoms with Gasteiger partial charge in [0.2, 0.25) is 0 Å². The van der Waals surface area contributed by atoms with Crippen LogP contribution in [0.4, 0.5) is 17.1 Å². The van der Waals surface area contributed by atoms with Crippen molar-refractivity contribution in [3.8, 4) is 33.4 Å². The van der Waals surface area contributed by atoms with Crippen molar-refractivity contribution < 1.29 is 0 Å². The SMILES string of the molecule is CC1(C)c2cc(-c3cc4ccccc4c4ccccc34)c(N(c3ccccc3)c3ccc(-c4ccccc4)cc3-c3ccccc3)cc2C(C)(C)C1(C)C. The molecule has 0 N–H and O–H groups in total. The first-order chi connectivity index (χ1) is 26.1. The second-order valence-electron chi connectivity index (χ2n) is 16.6. The lowest BCUT2D eigenvalue weighted by atomic mass is 9.59. The lowest BCUT2D eigenvalue weighted by Crippen LogP contribution is -2.42. The van der Waals surface area contributed by atoms with Gasteiger partial charge in [0.1, 0.15) is 0 Å². The van der Waals surface area contributed by atoms with Crippen molar-refractivity contribution >= 4 is 38.6 Å². The largest absolute Gasteiger partial charge is 0.309 e. The maximum atomic E-state index is 2.56. The van der Waals surface area contributed by atoms with E-state index in [2.05, 4.69) is 222 Å². The Morgan fingerprint density at radius 3 is 1.56 bits per heavy atom. The summed E-state index contributed by atoms with van der Waals surface area (Å²) in [5.41, 5.74) is 13.5. The highest BCUT2D eigenvalue weighted by Gasteiger charge is 2.57. The van der Waals surface area contributed by atoms with Crippen molar-refractivity contribution in [1.29, 1.82) is 0 Å². The molecule has 0 aliphatic heterocycles. The van der Waals surface area contributed by atoms with Crippen LogP contribution >= 0.6 is 0 Å². The van der Waals surface area contributed by atoms with E-state index >= 15 is 0 Å². The maximum Gasteiger partial charge on any atom is 0.0543 e. The van der Waals surface area contributed by atoms with Gasteiger partial charge in [-0.2, -0.15) is 0 Å². The van der Waals surface area contributed by atoms with Crippen LogP contribution in [0.25, 0.3) is 54.9 Å². The molecule has 1 aliphatic carbocycles. The van der Waals surface area contributed by atoms with Crippen LogP contribution in [-0.4, -0.2) is 0 Å². The number of para-hydroxylation sites is 1. The van der Waals surface area contributed by atoms with Crippen LogP contribution < -0.4 is 4.90 Å². The summed E-state index contributed by atoms with van der Waals surface area (Å²) in [6.45, 7) is 14.7. The predicted molar refractivity (Wildman–Crippen MR) is 232 cm³/mol. The minimum absolute atomic E-state index is 0.00773. The zero-order valence-electron chi connectivity index (χ0n) is 32.2. The van der Waals surface area contributed by atoms with Crippen molar-refractivity contribution in [1.82, 2.24) is 0 Å². The second-order valence-corrected chi connectivity index (χ2v) is 16.6. The van der Waals surface area contributed by atoms with Gasteiger partial charge in [-0.1, -0.05) is 175 Å². The van der Waals surface area contributed by atoms with E-state index in [0.29, 0.717) is 0 Å². The number of fused-ring (bicyclic) bond motifs is 4. The normalized spacial score (nSPS) is 15.3. The molecule has 0 amide bonds. The van der Waals surface area contributed by atoms with E-state index in [9.17, 15) is 0 Å². The van der Waals surface area contributed by atoms with E-state index in [1.54, 1.807) is 0 Å². The molecule has 1 nitrogen and oxygen atoms in total. The summed E-state index contributed by atoms with van der Waals surface area (Å²) < 4.78 is 0. The van der Waals surface area contributed by atoms with Crippen LogP contribution in [0.5, 0.6) is 0 Å². The first-order valence-corrected chi connectivity index (χ1v) is 19.3. The first-order valence-electron chi connectivity index (χ1n) is 19.3. The number of hydrogen-bond donors (Lipinski definition) is 0. The fourth-order valence-electron chi connectivity index (χ4n) is 9.13. The van der Waals surface area contributed by atoms with Crippen LogP contribution in [0.3, 0.4) is 0 Å². The summed E-state index contributed by atoms with van der Waals surface area (Å²) in [6, 6.07) is 64.9. The Bertz CT molecular complexity index is 2670. The molecule has 0 radical (unpaired) electrons. The van der Waals surface area contributed by atoms with Crippen molar-refractivity contribution in [3.63, 3.8) is 0 Å². The van der Waals surface area contributed by atoms with Gasteiger partial charge in [-0.25, -0.2) is 0 Å². The van der Waals surface area contributed by atoms with Crippen molar-refractivity contribution in [2.75, 3.05) is 4.90 Å². The minimum atomic E-state index is -0.0770. The molecule has 9 rings (SSSR count). The molecular formula is C53H47N. The van der Waals surface area contributed by atoms with E-state index in [1.165, 1.54) is 71.7 Å². The molecule has 0 atom stereocenters. The highest BCUT2D eigenvalue weighted by molar-refractivity contribution is 6.15. The third kappa shape index (κ3) is 5.13. The van der Waals surface area contributed by atoms with Gasteiger partial charge in [0, 0.05) is 16.8 Å². The fraction of sp³-hybridized carbons (Fsp3) is 0.170. The molecule has 0 saturated heterocycles. The topological polar surface area (TPSA) is 3.24 Å². The average Bonchev–Trinajstić information content (AvgIpc) is 3.31. The van der Waals surface area contributed by atoms with Crippen molar-refractivity contribution in [2.45, 2.75) is 52.4 Å². The summed E-state index contributed by atoms with van der Waals surface area (Å²) in [6.07, 6.45) is 0. The Morgan fingerprint density at radius 2 is 0.889 bits per heavy atom. The molecule has 8 aromatic carbocycles. The number of nitrogens with zero attached hydrogens (tertiary/aromatic N) is 1. The molecule has 0 aromatic heterocycles. The Morgan fingerprint density at radius 1 is 0.352 bits per heavy atom. The number of anilines is 3. The second kappa shape index (κ2) is 12.6. The molecule has 1 aliphatic rings. The molecule has 0 bridgehead atoms. The van der Waals surface area contributed by atoms with Gasteiger partial charge < -0.3 is 4.90 Å². The van der Waals surface area contributed by atoms with E-state index in [4.69, 9.17) is 0 Å². The highest BCUT2D eigenvalue weighted by atomic mass is 15.1. The number of rotatable bonds is 6. The van der Waals surface area contributed by atoms with E-state index in [1.807, 2.05) is 0 Å². The van der Waals surface area contributed by atoms with E-state index < -0.39 is 0 Å². The summed E-state index contributed by atoms with van der Waals surface area (Å²) in [5.74, 6) is 0. The van der Waals surface area contributed by atoms with Crippen LogP contribution in [0.15, 0.2) is 176 Å². The van der Waals surface area contributed by atoms with Gasteiger partial charge in [0.05, 0.1) is 11.4 Å². The monoisotopic (exact) mass is 697 g/mol. The van der Waals surface area contributed by atoms with Crippen LogP contribution in [-0.2, 0) is 10.8 Å². The van der Waals surface area contributed by atoms with E-state index in [-0.39, 0.29) is 16.2 Å². The van der Waals surface area contributed by atoms with Crippen molar-refractivity contribution in [2.24, 2.45) is 5.41 Å². The predicted octanol–water partition coefficient (Wildman–Crippen LogP) is 15.1. The number of hydrogen-bond acceptors (Lipinski definition) is 1. The van der Waals surface area contributed by atoms with Gasteiger partial charge in [-0.05, 0) is 114 Å². The van der Waals surface area contributed by atoms with Gasteiger partial charge in [0.25, 0.3) is 0 Å². The Labute approximate surface area is 320 Å². The smallest absolute Gasteiger partial charge is 0.0543 e. The first kappa shape index (κ1) is 33.9. The molecule has 0 heterocycles. The molecule has 0 spiro atoms. The van der Waals surface area contributed by atoms with Gasteiger partial charge in [0.15, 0.2) is 0 Å². The molecule has 0 fully saturated rings. The lowest BCUT2D eigenvalue weighted by molar-refractivity contribution is 0.125. The summed E-state index contributed by atoms with van der Waals surface area (Å²) in [7, 11) is 0. The third-order valence-electron chi connectivity index (χ3n) is 13.4. The number of benzene rings is 8. The summed E-state index contributed by atoms with van der Waals surface area (Å²) >= 11 is 0. The van der Waals surface area contributed by atoms with Gasteiger partial charge in [-0.3, -0.25) is 0 Å². The van der Waals surface area contributed by atoms with Crippen LogP contribution in [0.1, 0.15) is 52.7 Å². The molecule has 0 unspecified atom stereocenters. The molecule has 264 valence electrons. The van der Waals surface area contributed by atoms with Crippen molar-refractivity contribution in [3.05, 3.63) is 187 Å². The third-order valence-corrected chi connectivity index (χ3v) is 13.4.